The molecule has 0 atom stereocenters. The predicted molar refractivity (Wildman–Crippen MR) is 149 cm³/mol. The lowest BCUT2D eigenvalue weighted by molar-refractivity contribution is -0.384. The Morgan fingerprint density at radius 1 is 1.05 bits per heavy atom. The number of halogens is 1. The first-order valence-electron chi connectivity index (χ1n) is 12.4. The van der Waals surface area contributed by atoms with Crippen LogP contribution in [0.5, 0.6) is 0 Å². The van der Waals surface area contributed by atoms with Gasteiger partial charge in [-0.15, -0.1) is 0 Å². The highest BCUT2D eigenvalue weighted by atomic mass is 35.5. The van der Waals surface area contributed by atoms with E-state index in [0.29, 0.717) is 23.9 Å². The van der Waals surface area contributed by atoms with Crippen molar-refractivity contribution in [2.24, 2.45) is 10.2 Å². The van der Waals surface area contributed by atoms with E-state index in [9.17, 15) is 10.1 Å². The second-order valence-corrected chi connectivity index (χ2v) is 9.38. The molecule has 3 aromatic rings. The number of hydrogen-bond donors (Lipinski definition) is 0. The molecule has 38 heavy (non-hydrogen) atoms. The number of benzene rings is 2. The van der Waals surface area contributed by atoms with Crippen molar-refractivity contribution in [3.63, 3.8) is 0 Å². The predicted octanol–water partition coefficient (Wildman–Crippen LogP) is 5.61. The van der Waals surface area contributed by atoms with Gasteiger partial charge in [0.2, 0.25) is 0 Å². The summed E-state index contributed by atoms with van der Waals surface area (Å²) in [5.74, 6) is 0. The molecule has 2 heterocycles. The van der Waals surface area contributed by atoms with Gasteiger partial charge in [0, 0.05) is 30.9 Å². The lowest BCUT2D eigenvalue weighted by atomic mass is 10.1. The number of allylic oxidation sites excluding steroid dienone is 2. The molecule has 1 saturated heterocycles. The average Bonchev–Trinajstić information content (AvgIpc) is 3.47. The van der Waals surface area contributed by atoms with Gasteiger partial charge in [0.1, 0.15) is 5.15 Å². The van der Waals surface area contributed by atoms with E-state index in [1.807, 2.05) is 49.4 Å². The molecule has 1 aromatic heterocycles. The fourth-order valence-corrected chi connectivity index (χ4v) is 5.01. The lowest BCUT2D eigenvalue weighted by Gasteiger charge is -2.31. The van der Waals surface area contributed by atoms with Gasteiger partial charge in [-0.2, -0.15) is 15.3 Å². The number of rotatable bonds is 7. The number of ether oxygens (including phenoxy) is 1. The van der Waals surface area contributed by atoms with E-state index in [1.54, 1.807) is 29.2 Å². The minimum atomic E-state index is -0.372. The summed E-state index contributed by atoms with van der Waals surface area (Å²) in [4.78, 5) is 13.2. The normalized spacial score (nSPS) is 17.4. The Hall–Kier alpha value is -4.08. The molecule has 1 aliphatic heterocycles. The Kier molecular flexibility index (Phi) is 7.76. The van der Waals surface area contributed by atoms with Crippen LogP contribution in [0.25, 0.3) is 11.8 Å². The van der Waals surface area contributed by atoms with E-state index in [4.69, 9.17) is 16.3 Å². The Balaban J connectivity index is 1.42. The first-order chi connectivity index (χ1) is 18.5. The van der Waals surface area contributed by atoms with Crippen LogP contribution in [0.3, 0.4) is 0 Å². The monoisotopic (exact) mass is 530 g/mol. The van der Waals surface area contributed by atoms with Crippen molar-refractivity contribution in [1.29, 1.82) is 0 Å². The number of para-hydroxylation sites is 1. The van der Waals surface area contributed by atoms with Crippen molar-refractivity contribution >= 4 is 35.8 Å². The second kappa shape index (κ2) is 11.5. The molecule has 1 fully saturated rings. The smallest absolute Gasteiger partial charge is 0.270 e. The molecular formula is C28H27ClN6O3. The SMILES string of the molecule is Cc1nn(-c2ccccc2)c(Cl)c1/C=N/N=C/C1=C(N2CCOCC2)C(=C/c2cccc([N+](=O)[O-])c2)/CC1. The molecule has 2 aliphatic rings. The molecule has 9 nitrogen and oxygen atoms in total. The van der Waals surface area contributed by atoms with Crippen LogP contribution in [0.1, 0.15) is 29.7 Å². The fourth-order valence-electron chi connectivity index (χ4n) is 4.69. The van der Waals surface area contributed by atoms with E-state index in [-0.39, 0.29) is 10.6 Å². The van der Waals surface area contributed by atoms with Crippen molar-refractivity contribution in [2.75, 3.05) is 26.3 Å². The maximum atomic E-state index is 11.2. The van der Waals surface area contributed by atoms with Gasteiger partial charge < -0.3 is 9.64 Å². The van der Waals surface area contributed by atoms with Gasteiger partial charge in [0.15, 0.2) is 0 Å². The first-order valence-corrected chi connectivity index (χ1v) is 12.8. The van der Waals surface area contributed by atoms with Crippen molar-refractivity contribution in [2.45, 2.75) is 19.8 Å². The van der Waals surface area contributed by atoms with Crippen molar-refractivity contribution in [3.8, 4) is 5.69 Å². The van der Waals surface area contributed by atoms with E-state index in [0.717, 1.165) is 59.7 Å². The zero-order valence-corrected chi connectivity index (χ0v) is 21.7. The molecule has 2 aromatic carbocycles. The molecular weight excluding hydrogens is 504 g/mol. The van der Waals surface area contributed by atoms with Crippen LogP contribution in [-0.4, -0.2) is 58.3 Å². The maximum absolute atomic E-state index is 11.2. The van der Waals surface area contributed by atoms with Crippen LogP contribution in [-0.2, 0) is 4.74 Å². The summed E-state index contributed by atoms with van der Waals surface area (Å²) in [6, 6.07) is 16.4. The highest BCUT2D eigenvalue weighted by Gasteiger charge is 2.25. The van der Waals surface area contributed by atoms with Crippen LogP contribution in [0.4, 0.5) is 5.69 Å². The van der Waals surface area contributed by atoms with Crippen LogP contribution < -0.4 is 0 Å². The highest BCUT2D eigenvalue weighted by Crippen LogP contribution is 2.35. The topological polar surface area (TPSA) is 98.2 Å². The second-order valence-electron chi connectivity index (χ2n) is 9.02. The maximum Gasteiger partial charge on any atom is 0.270 e. The number of nitro benzene ring substituents is 1. The van der Waals surface area contributed by atoms with Crippen LogP contribution in [0, 0.1) is 17.0 Å². The van der Waals surface area contributed by atoms with E-state index in [2.05, 4.69) is 20.2 Å². The summed E-state index contributed by atoms with van der Waals surface area (Å²) >= 11 is 6.60. The molecule has 0 amide bonds. The number of aromatic nitrogens is 2. The number of morpholine rings is 1. The molecule has 0 N–H and O–H groups in total. The van der Waals surface area contributed by atoms with Crippen LogP contribution >= 0.6 is 11.6 Å². The summed E-state index contributed by atoms with van der Waals surface area (Å²) in [5, 5.41) is 24.9. The summed E-state index contributed by atoms with van der Waals surface area (Å²) in [6.45, 7) is 4.74. The minimum absolute atomic E-state index is 0.0786. The summed E-state index contributed by atoms with van der Waals surface area (Å²) in [6.07, 6.45) is 7.07. The first kappa shape index (κ1) is 25.6. The summed E-state index contributed by atoms with van der Waals surface area (Å²) < 4.78 is 7.24. The molecule has 194 valence electrons. The third-order valence-corrected chi connectivity index (χ3v) is 6.90. The fraction of sp³-hybridized carbons (Fsp3) is 0.250. The quantitative estimate of drug-likeness (QED) is 0.224. The van der Waals surface area contributed by atoms with E-state index in [1.165, 1.54) is 6.07 Å². The summed E-state index contributed by atoms with van der Waals surface area (Å²) in [7, 11) is 0. The Labute approximate surface area is 225 Å². The van der Waals surface area contributed by atoms with Gasteiger partial charge in [-0.3, -0.25) is 10.1 Å². The number of non-ortho nitro benzene ring substituents is 1. The lowest BCUT2D eigenvalue weighted by Crippen LogP contribution is -2.36. The van der Waals surface area contributed by atoms with Crippen LogP contribution in [0.2, 0.25) is 5.15 Å². The van der Waals surface area contributed by atoms with E-state index >= 15 is 0 Å². The third kappa shape index (κ3) is 5.58. The van der Waals surface area contributed by atoms with Gasteiger partial charge >= 0.3 is 0 Å². The molecule has 0 saturated carbocycles. The highest BCUT2D eigenvalue weighted by molar-refractivity contribution is 6.32. The molecule has 0 radical (unpaired) electrons. The Morgan fingerprint density at radius 2 is 1.82 bits per heavy atom. The minimum Gasteiger partial charge on any atom is -0.378 e. The van der Waals surface area contributed by atoms with Crippen LogP contribution in [0.15, 0.2) is 81.6 Å². The van der Waals surface area contributed by atoms with E-state index < -0.39 is 0 Å². The molecule has 0 spiro atoms. The number of hydrogen-bond acceptors (Lipinski definition) is 7. The number of nitro groups is 1. The Morgan fingerprint density at radius 3 is 2.58 bits per heavy atom. The number of aryl methyl sites for hydroxylation is 1. The summed E-state index contributed by atoms with van der Waals surface area (Å²) in [5.41, 5.74) is 6.53. The van der Waals surface area contributed by atoms with Gasteiger partial charge in [-0.1, -0.05) is 41.9 Å². The van der Waals surface area contributed by atoms with Crippen molar-refractivity contribution < 1.29 is 9.66 Å². The van der Waals surface area contributed by atoms with Gasteiger partial charge in [0.25, 0.3) is 5.69 Å². The van der Waals surface area contributed by atoms with Gasteiger partial charge in [-0.05, 0) is 54.7 Å². The molecule has 1 aliphatic carbocycles. The zero-order valence-electron chi connectivity index (χ0n) is 21.0. The molecule has 0 bridgehead atoms. The average molecular weight is 531 g/mol. The standard InChI is InChI=1S/C28H27ClN6O3/c1-20-26(28(29)34(32-20)24-7-3-2-4-8-24)19-31-30-18-23-11-10-22(27(23)33-12-14-38-15-13-33)16-21-6-5-9-25(17-21)35(36)37/h2-9,16-19H,10-15H2,1H3/b22-16+,30-18+,31-19+. The third-order valence-electron chi connectivity index (χ3n) is 6.54. The van der Waals surface area contributed by atoms with Gasteiger partial charge in [0.05, 0.1) is 47.5 Å². The van der Waals surface area contributed by atoms with Crippen molar-refractivity contribution in [1.82, 2.24) is 14.7 Å². The van der Waals surface area contributed by atoms with Gasteiger partial charge in [-0.25, -0.2) is 4.68 Å². The Bertz CT molecular complexity index is 1450. The molecule has 5 rings (SSSR count). The number of nitrogens with zero attached hydrogens (tertiary/aromatic N) is 6. The van der Waals surface area contributed by atoms with Crippen molar-refractivity contribution in [3.05, 3.63) is 104 Å². The zero-order chi connectivity index (χ0) is 26.5. The molecule has 0 unspecified atom stereocenters. The molecule has 10 heteroatoms. The largest absolute Gasteiger partial charge is 0.378 e.